The lowest BCUT2D eigenvalue weighted by atomic mass is 9.81. The number of carbonyl (C=O) groups excluding carboxylic acids is 2. The van der Waals surface area contributed by atoms with Gasteiger partial charge in [0, 0.05) is 5.56 Å². The number of aliphatic hydroxyl groups excluding tert-OH is 1. The predicted molar refractivity (Wildman–Crippen MR) is 112 cm³/mol. The fourth-order valence-corrected chi connectivity index (χ4v) is 4.60. The summed E-state index contributed by atoms with van der Waals surface area (Å²) in [7, 11) is 0. The molecule has 2 aromatic rings. The highest BCUT2D eigenvalue weighted by Crippen LogP contribution is 2.43. The maximum Gasteiger partial charge on any atom is 0.199 e. The van der Waals surface area contributed by atoms with Crippen molar-refractivity contribution in [2.75, 3.05) is 0 Å². The highest BCUT2D eigenvalue weighted by atomic mass is 79.9. The molecule has 148 valence electrons. The van der Waals surface area contributed by atoms with Gasteiger partial charge < -0.3 is 14.9 Å². The molecule has 7 heteroatoms. The van der Waals surface area contributed by atoms with Crippen molar-refractivity contribution >= 4 is 43.4 Å². The summed E-state index contributed by atoms with van der Waals surface area (Å²) in [6, 6.07) is 13.7. The van der Waals surface area contributed by atoms with E-state index in [1.54, 1.807) is 62.4 Å². The number of ketones is 2. The van der Waals surface area contributed by atoms with Gasteiger partial charge in [-0.1, -0.05) is 80.4 Å². The van der Waals surface area contributed by atoms with Crippen molar-refractivity contribution in [3.8, 4) is 0 Å². The molecular weight excluding hydrogens is 492 g/mol. The molecule has 1 unspecified atom stereocenters. The number of hydrogen-bond acceptors (Lipinski definition) is 5. The first-order valence-corrected chi connectivity index (χ1v) is 10.6. The minimum absolute atomic E-state index is 0.294. The van der Waals surface area contributed by atoms with E-state index in [-0.39, 0.29) is 0 Å². The van der Waals surface area contributed by atoms with Crippen LogP contribution < -0.4 is 0 Å². The van der Waals surface area contributed by atoms with Crippen LogP contribution in [0.3, 0.4) is 0 Å². The molecule has 0 aliphatic carbocycles. The van der Waals surface area contributed by atoms with Crippen LogP contribution in [-0.4, -0.2) is 43.3 Å². The Hall–Kier alpha value is -1.38. The quantitative estimate of drug-likeness (QED) is 0.474. The normalized spacial score (nSPS) is 28.1. The topological polar surface area (TPSA) is 83.8 Å². The van der Waals surface area contributed by atoms with Crippen LogP contribution in [0.1, 0.15) is 33.2 Å². The second-order valence-corrected chi connectivity index (χ2v) is 8.79. The van der Waals surface area contributed by atoms with E-state index in [0.717, 1.165) is 5.56 Å². The van der Waals surface area contributed by atoms with E-state index >= 15 is 0 Å². The van der Waals surface area contributed by atoms with Crippen molar-refractivity contribution in [2.45, 2.75) is 41.5 Å². The van der Waals surface area contributed by atoms with Crippen LogP contribution in [0.25, 0.3) is 0 Å². The molecule has 1 heterocycles. The zero-order chi connectivity index (χ0) is 20.6. The van der Waals surface area contributed by atoms with Crippen LogP contribution in [-0.2, 0) is 9.53 Å². The lowest BCUT2D eigenvalue weighted by Gasteiger charge is -2.30. The second kappa shape index (κ2) is 8.16. The van der Waals surface area contributed by atoms with E-state index < -0.39 is 39.2 Å². The first-order valence-electron chi connectivity index (χ1n) is 8.73. The van der Waals surface area contributed by atoms with Gasteiger partial charge in [-0.3, -0.25) is 9.59 Å². The first kappa shape index (κ1) is 21.3. The molecule has 0 radical (unpaired) electrons. The van der Waals surface area contributed by atoms with Crippen molar-refractivity contribution in [3.63, 3.8) is 0 Å². The second-order valence-electron chi connectivity index (χ2n) is 6.90. The molecule has 3 rings (SSSR count). The molecule has 1 fully saturated rings. The summed E-state index contributed by atoms with van der Waals surface area (Å²) in [5, 5.41) is 21.3. The van der Waals surface area contributed by atoms with Crippen LogP contribution in [0, 0.1) is 13.8 Å². The van der Waals surface area contributed by atoms with Gasteiger partial charge in [0.05, 0.1) is 4.83 Å². The molecule has 28 heavy (non-hydrogen) atoms. The summed E-state index contributed by atoms with van der Waals surface area (Å²) in [4.78, 5) is 25.5. The molecular formula is C21H20Br2O5. The molecule has 0 spiro atoms. The lowest BCUT2D eigenvalue weighted by Crippen LogP contribution is -2.56. The lowest BCUT2D eigenvalue weighted by molar-refractivity contribution is -0.144. The predicted octanol–water partition coefficient (Wildman–Crippen LogP) is 3.40. The van der Waals surface area contributed by atoms with Crippen molar-refractivity contribution in [3.05, 3.63) is 70.8 Å². The van der Waals surface area contributed by atoms with Crippen LogP contribution in [0.15, 0.2) is 48.5 Å². The van der Waals surface area contributed by atoms with Gasteiger partial charge in [-0.25, -0.2) is 0 Å². The van der Waals surface area contributed by atoms with Gasteiger partial charge in [0.1, 0.15) is 11.1 Å². The summed E-state index contributed by atoms with van der Waals surface area (Å²) in [6.07, 6.45) is -3.07. The fourth-order valence-electron chi connectivity index (χ4n) is 3.41. The maximum absolute atomic E-state index is 13.3. The number of ether oxygens (including phenoxy) is 1. The van der Waals surface area contributed by atoms with Crippen molar-refractivity contribution in [2.24, 2.45) is 0 Å². The number of alkyl halides is 2. The van der Waals surface area contributed by atoms with Crippen molar-refractivity contribution in [1.82, 2.24) is 0 Å². The van der Waals surface area contributed by atoms with Gasteiger partial charge in [-0.05, 0) is 30.5 Å². The molecule has 1 saturated heterocycles. The Bertz CT molecular complexity index is 915. The zero-order valence-corrected chi connectivity index (χ0v) is 18.5. The van der Waals surface area contributed by atoms with Gasteiger partial charge in [0.2, 0.25) is 0 Å². The average molecular weight is 512 g/mol. The van der Waals surface area contributed by atoms with E-state index in [1.165, 1.54) is 0 Å². The summed E-state index contributed by atoms with van der Waals surface area (Å²) in [6.45, 7) is 3.52. The van der Waals surface area contributed by atoms with Gasteiger partial charge in [-0.15, -0.1) is 0 Å². The van der Waals surface area contributed by atoms with Gasteiger partial charge in [-0.2, -0.15) is 0 Å². The Morgan fingerprint density at radius 3 is 2.21 bits per heavy atom. The molecule has 0 bridgehead atoms. The van der Waals surface area contributed by atoms with E-state index in [2.05, 4.69) is 31.9 Å². The number of halogens is 2. The Balaban J connectivity index is 2.01. The van der Waals surface area contributed by atoms with Gasteiger partial charge in [0.15, 0.2) is 23.3 Å². The van der Waals surface area contributed by atoms with E-state index in [9.17, 15) is 19.8 Å². The average Bonchev–Trinajstić information content (AvgIpc) is 2.92. The third-order valence-corrected chi connectivity index (χ3v) is 7.71. The van der Waals surface area contributed by atoms with Gasteiger partial charge in [0.25, 0.3) is 0 Å². The van der Waals surface area contributed by atoms with Crippen LogP contribution >= 0.6 is 31.9 Å². The molecule has 0 aromatic heterocycles. The van der Waals surface area contributed by atoms with Crippen LogP contribution in [0.5, 0.6) is 0 Å². The molecule has 5 nitrogen and oxygen atoms in total. The molecule has 1 aliphatic rings. The Morgan fingerprint density at radius 1 is 1.04 bits per heavy atom. The summed E-state index contributed by atoms with van der Waals surface area (Å²) >= 11 is 6.55. The van der Waals surface area contributed by atoms with Crippen LogP contribution in [0.2, 0.25) is 0 Å². The SMILES string of the molecule is Cc1ccccc1C(=O)[C@]1(O)[C@H](C(=O)C(O)c2ccccc2C)O[C@@H](Br)[C@@H]1Br. The number of benzene rings is 2. The smallest absolute Gasteiger partial charge is 0.199 e. The third kappa shape index (κ3) is 3.50. The zero-order valence-electron chi connectivity index (χ0n) is 15.3. The van der Waals surface area contributed by atoms with Crippen molar-refractivity contribution in [1.29, 1.82) is 0 Å². The fraction of sp³-hybridized carbons (Fsp3) is 0.333. The molecule has 5 atom stereocenters. The highest BCUT2D eigenvalue weighted by molar-refractivity contribution is 9.12. The monoisotopic (exact) mass is 510 g/mol. The minimum Gasteiger partial charge on any atom is -0.380 e. The Morgan fingerprint density at radius 2 is 1.61 bits per heavy atom. The minimum atomic E-state index is -2.18. The number of Topliss-reactive ketones (excluding diaryl/α,β-unsaturated/α-hetero) is 2. The van der Waals surface area contributed by atoms with Crippen molar-refractivity contribution < 1.29 is 24.5 Å². The van der Waals surface area contributed by atoms with Gasteiger partial charge >= 0.3 is 0 Å². The molecule has 0 saturated carbocycles. The summed E-state index contributed by atoms with van der Waals surface area (Å²) in [5.74, 6) is -1.41. The number of aliphatic hydroxyl groups is 2. The number of carbonyl (C=O) groups is 2. The van der Waals surface area contributed by atoms with Crippen LogP contribution in [0.4, 0.5) is 0 Å². The maximum atomic E-state index is 13.3. The summed E-state index contributed by atoms with van der Waals surface area (Å²) in [5.41, 5.74) is -0.0833. The first-order chi connectivity index (χ1) is 13.2. The van der Waals surface area contributed by atoms with E-state index in [1.807, 2.05) is 0 Å². The number of rotatable bonds is 5. The highest BCUT2D eigenvalue weighted by Gasteiger charge is 2.62. The number of aryl methyl sites for hydroxylation is 2. The summed E-state index contributed by atoms with van der Waals surface area (Å²) < 4.78 is 5.61. The Labute approximate surface area is 180 Å². The number of hydrogen-bond donors (Lipinski definition) is 2. The standard InChI is InChI=1S/C21H20Br2O5/c1-11-7-3-5-9-13(11)15(24)16(25)19-21(27,17(22)20(23)28-19)18(26)14-10-6-4-8-12(14)2/h3-10,15,17,19-20,24,27H,1-2H3/t15?,17-,19-,20+,21-/m0/s1. The molecule has 1 aliphatic heterocycles. The molecule has 2 aromatic carbocycles. The molecule has 0 amide bonds. The Kier molecular flexibility index (Phi) is 6.22. The molecule has 2 N–H and O–H groups in total. The largest absolute Gasteiger partial charge is 0.380 e. The van der Waals surface area contributed by atoms with E-state index in [4.69, 9.17) is 4.74 Å². The van der Waals surface area contributed by atoms with E-state index in [0.29, 0.717) is 16.7 Å². The third-order valence-electron chi connectivity index (χ3n) is 5.08.